The zero-order valence-corrected chi connectivity index (χ0v) is 17.5. The molecule has 0 saturated carbocycles. The number of nitrogens with zero attached hydrogens (tertiary/aromatic N) is 5. The third-order valence-electron chi connectivity index (χ3n) is 5.11. The smallest absolute Gasteiger partial charge is 0.280 e. The lowest BCUT2D eigenvalue weighted by molar-refractivity contribution is -0.00117. The van der Waals surface area contributed by atoms with Crippen LogP contribution in [0.1, 0.15) is 17.4 Å². The Morgan fingerprint density at radius 1 is 1.06 bits per heavy atom. The predicted molar refractivity (Wildman–Crippen MR) is 111 cm³/mol. The molecular weight excluding hydrogens is 422 g/mol. The lowest BCUT2D eigenvalue weighted by atomic mass is 10.1. The Hall–Kier alpha value is -3.43. The van der Waals surface area contributed by atoms with Gasteiger partial charge in [0.25, 0.3) is 5.89 Å². The van der Waals surface area contributed by atoms with Gasteiger partial charge >= 0.3 is 0 Å². The third kappa shape index (κ3) is 3.62. The zero-order valence-electron chi connectivity index (χ0n) is 16.8. The van der Waals surface area contributed by atoms with Gasteiger partial charge < -0.3 is 18.7 Å². The summed E-state index contributed by atoms with van der Waals surface area (Å²) in [5.74, 6) is 1.89. The van der Waals surface area contributed by atoms with Gasteiger partial charge in [0.05, 0.1) is 33.1 Å². The fourth-order valence-corrected chi connectivity index (χ4v) is 3.60. The average Bonchev–Trinajstić information content (AvgIpc) is 3.45. The summed E-state index contributed by atoms with van der Waals surface area (Å²) in [5, 5.41) is 13.3. The second kappa shape index (κ2) is 8.01. The van der Waals surface area contributed by atoms with Crippen LogP contribution >= 0.6 is 11.6 Å². The van der Waals surface area contributed by atoms with Crippen molar-refractivity contribution in [1.29, 1.82) is 0 Å². The van der Waals surface area contributed by atoms with E-state index in [2.05, 4.69) is 20.5 Å². The van der Waals surface area contributed by atoms with Crippen molar-refractivity contribution in [1.82, 2.24) is 25.1 Å². The first-order valence-corrected chi connectivity index (χ1v) is 9.90. The molecule has 0 amide bonds. The van der Waals surface area contributed by atoms with Crippen LogP contribution < -0.4 is 9.47 Å². The Morgan fingerprint density at radius 3 is 2.65 bits per heavy atom. The summed E-state index contributed by atoms with van der Waals surface area (Å²) in [5.41, 5.74) is 3.05. The van der Waals surface area contributed by atoms with Crippen LogP contribution in [0.15, 0.2) is 47.0 Å². The Kier molecular flexibility index (Phi) is 5.05. The Labute approximate surface area is 182 Å². The van der Waals surface area contributed by atoms with Crippen LogP contribution in [0.3, 0.4) is 0 Å². The van der Waals surface area contributed by atoms with Gasteiger partial charge in [-0.15, -0.1) is 5.10 Å². The van der Waals surface area contributed by atoms with E-state index in [9.17, 15) is 0 Å². The molecule has 0 bridgehead atoms. The summed E-state index contributed by atoms with van der Waals surface area (Å²) in [6.07, 6.45) is -0.135. The minimum atomic E-state index is -0.135. The quantitative estimate of drug-likeness (QED) is 0.461. The number of methoxy groups -OCH3 is 2. The molecule has 10 heteroatoms. The van der Waals surface area contributed by atoms with Crippen molar-refractivity contribution in [2.75, 3.05) is 14.2 Å². The molecule has 0 saturated heterocycles. The van der Waals surface area contributed by atoms with E-state index in [1.807, 2.05) is 30.3 Å². The first kappa shape index (κ1) is 19.5. The van der Waals surface area contributed by atoms with Crippen LogP contribution in [0, 0.1) is 0 Å². The van der Waals surface area contributed by atoms with E-state index in [1.54, 1.807) is 31.0 Å². The molecule has 5 rings (SSSR count). The van der Waals surface area contributed by atoms with Crippen molar-refractivity contribution in [3.8, 4) is 34.5 Å². The van der Waals surface area contributed by atoms with Gasteiger partial charge in [-0.2, -0.15) is 4.98 Å². The number of rotatable bonds is 5. The second-order valence-corrected chi connectivity index (χ2v) is 7.35. The topological polar surface area (TPSA) is 97.3 Å². The Bertz CT molecular complexity index is 1220. The maximum Gasteiger partial charge on any atom is 0.280 e. The molecule has 31 heavy (non-hydrogen) atoms. The molecule has 0 radical (unpaired) electrons. The van der Waals surface area contributed by atoms with Crippen LogP contribution in [0.4, 0.5) is 0 Å². The lowest BCUT2D eigenvalue weighted by Crippen LogP contribution is -2.22. The summed E-state index contributed by atoms with van der Waals surface area (Å²) >= 11 is 5.98. The maximum atomic E-state index is 6.03. The molecule has 0 spiro atoms. The third-order valence-corrected chi connectivity index (χ3v) is 5.36. The lowest BCUT2D eigenvalue weighted by Gasteiger charge is -2.24. The monoisotopic (exact) mass is 439 g/mol. The largest absolute Gasteiger partial charge is 0.493 e. The first-order valence-electron chi connectivity index (χ1n) is 9.52. The van der Waals surface area contributed by atoms with Crippen LogP contribution in [0.2, 0.25) is 5.02 Å². The molecule has 2 aromatic carbocycles. The number of ether oxygens (including phenoxy) is 3. The summed E-state index contributed by atoms with van der Waals surface area (Å²) in [7, 11) is 3.15. The van der Waals surface area contributed by atoms with Crippen molar-refractivity contribution in [3.63, 3.8) is 0 Å². The molecule has 1 aliphatic heterocycles. The maximum absolute atomic E-state index is 6.03. The van der Waals surface area contributed by atoms with Crippen molar-refractivity contribution in [2.24, 2.45) is 0 Å². The SMILES string of the molecule is COc1ccc(-c2noc(-c3nnn4c3CO[C@H](c3ccc(Cl)cc3)C4)n2)cc1OC. The number of benzene rings is 2. The zero-order chi connectivity index (χ0) is 21.4. The van der Waals surface area contributed by atoms with Gasteiger partial charge in [0.2, 0.25) is 5.82 Å². The Balaban J connectivity index is 1.40. The van der Waals surface area contributed by atoms with Crippen LogP contribution in [-0.4, -0.2) is 39.4 Å². The summed E-state index contributed by atoms with van der Waals surface area (Å²) in [4.78, 5) is 4.49. The molecule has 0 fully saturated rings. The fourth-order valence-electron chi connectivity index (χ4n) is 3.47. The molecule has 9 nitrogen and oxygen atoms in total. The van der Waals surface area contributed by atoms with Crippen LogP contribution in [0.5, 0.6) is 11.5 Å². The van der Waals surface area contributed by atoms with Gasteiger partial charge in [-0.1, -0.05) is 34.1 Å². The van der Waals surface area contributed by atoms with Crippen molar-refractivity contribution >= 4 is 11.6 Å². The van der Waals surface area contributed by atoms with E-state index >= 15 is 0 Å². The molecule has 1 atom stereocenters. The van der Waals surface area contributed by atoms with E-state index in [0.29, 0.717) is 41.2 Å². The van der Waals surface area contributed by atoms with Crippen molar-refractivity contribution in [3.05, 3.63) is 58.7 Å². The molecule has 0 aliphatic carbocycles. The number of halogens is 1. The highest BCUT2D eigenvalue weighted by molar-refractivity contribution is 6.30. The van der Waals surface area contributed by atoms with Crippen molar-refractivity contribution in [2.45, 2.75) is 19.3 Å². The van der Waals surface area contributed by atoms with Gasteiger partial charge in [0.15, 0.2) is 17.2 Å². The van der Waals surface area contributed by atoms with E-state index in [0.717, 1.165) is 16.8 Å². The number of aromatic nitrogens is 5. The fraction of sp³-hybridized carbons (Fsp3) is 0.238. The predicted octanol–water partition coefficient (Wildman–Crippen LogP) is 3.94. The molecule has 158 valence electrons. The summed E-state index contributed by atoms with van der Waals surface area (Å²) in [6, 6.07) is 13.0. The van der Waals surface area contributed by atoms with Gasteiger partial charge in [-0.05, 0) is 35.9 Å². The molecule has 3 heterocycles. The van der Waals surface area contributed by atoms with Gasteiger partial charge in [0.1, 0.15) is 6.10 Å². The number of hydrogen-bond donors (Lipinski definition) is 0. The normalized spacial score (nSPS) is 15.5. The molecule has 0 N–H and O–H groups in total. The van der Waals surface area contributed by atoms with E-state index < -0.39 is 0 Å². The minimum absolute atomic E-state index is 0.135. The highest BCUT2D eigenvalue weighted by atomic mass is 35.5. The first-order chi connectivity index (χ1) is 15.2. The highest BCUT2D eigenvalue weighted by Crippen LogP contribution is 2.34. The van der Waals surface area contributed by atoms with Crippen molar-refractivity contribution < 1.29 is 18.7 Å². The van der Waals surface area contributed by atoms with E-state index in [-0.39, 0.29) is 12.0 Å². The Morgan fingerprint density at radius 2 is 1.87 bits per heavy atom. The van der Waals surface area contributed by atoms with Gasteiger partial charge in [0, 0.05) is 10.6 Å². The van der Waals surface area contributed by atoms with Crippen LogP contribution in [0.25, 0.3) is 23.0 Å². The van der Waals surface area contributed by atoms with E-state index in [1.165, 1.54) is 0 Å². The molecule has 0 unspecified atom stereocenters. The molecule has 1 aliphatic rings. The summed E-state index contributed by atoms with van der Waals surface area (Å²) < 4.78 is 23.9. The van der Waals surface area contributed by atoms with Crippen LogP contribution in [-0.2, 0) is 17.9 Å². The molecule has 2 aromatic heterocycles. The molecule has 4 aromatic rings. The van der Waals surface area contributed by atoms with E-state index in [4.69, 9.17) is 30.3 Å². The van der Waals surface area contributed by atoms with Gasteiger partial charge in [-0.3, -0.25) is 0 Å². The standard InChI is InChI=1S/C21H18ClN5O4/c1-28-16-8-5-13(9-17(16)29-2)20-23-21(31-25-20)19-15-11-30-18(10-27(15)26-24-19)12-3-6-14(22)7-4-12/h3-9,18H,10-11H2,1-2H3/t18-/m0/s1. The van der Waals surface area contributed by atoms with Gasteiger partial charge in [-0.25, -0.2) is 4.68 Å². The highest BCUT2D eigenvalue weighted by Gasteiger charge is 2.28. The minimum Gasteiger partial charge on any atom is -0.493 e. The number of hydrogen-bond acceptors (Lipinski definition) is 8. The average molecular weight is 440 g/mol. The summed E-state index contributed by atoms with van der Waals surface area (Å²) in [6.45, 7) is 0.852. The molecular formula is C21H18ClN5O4. The second-order valence-electron chi connectivity index (χ2n) is 6.91. The number of fused-ring (bicyclic) bond motifs is 1.